The fourth-order valence-corrected chi connectivity index (χ4v) is 2.59. The molecule has 1 spiro atoms. The lowest BCUT2D eigenvalue weighted by molar-refractivity contribution is -0.117. The Morgan fingerprint density at radius 1 is 1.23 bits per heavy atom. The summed E-state index contributed by atoms with van der Waals surface area (Å²) < 4.78 is 18.7. The number of halogens is 2. The average molecular weight is 210 g/mol. The summed E-state index contributed by atoms with van der Waals surface area (Å²) in [7, 11) is 0. The maximum absolute atomic E-state index is 13.5. The van der Waals surface area contributed by atoms with Gasteiger partial charge in [0.25, 0.3) is 0 Å². The molecule has 1 heterocycles. The highest BCUT2D eigenvalue weighted by Crippen LogP contribution is 2.55. The van der Waals surface area contributed by atoms with E-state index in [0.29, 0.717) is 12.8 Å². The van der Waals surface area contributed by atoms with Gasteiger partial charge in [-0.05, 0) is 31.1 Å². The molecule has 0 aromatic heterocycles. The summed E-state index contributed by atoms with van der Waals surface area (Å²) in [6.07, 6.45) is 3.39. The molecule has 2 fully saturated rings. The van der Waals surface area contributed by atoms with Gasteiger partial charge < -0.3 is 10.5 Å². The third-order valence-electron chi connectivity index (χ3n) is 3.30. The van der Waals surface area contributed by atoms with Crippen LogP contribution in [0.5, 0.6) is 0 Å². The Balaban J connectivity index is 0.000000845. The Bertz CT molecular complexity index is 174. The Labute approximate surface area is 84.4 Å². The molecule has 0 aromatic rings. The molecule has 2 rings (SSSR count). The van der Waals surface area contributed by atoms with E-state index in [9.17, 15) is 4.39 Å². The summed E-state index contributed by atoms with van der Waals surface area (Å²) in [5.41, 5.74) is 4.56. The number of alkyl halides is 1. The molecular weight excluding hydrogens is 193 g/mol. The van der Waals surface area contributed by atoms with Crippen LogP contribution in [-0.2, 0) is 4.74 Å². The average Bonchev–Trinajstić information content (AvgIpc) is 2.04. The van der Waals surface area contributed by atoms with Crippen LogP contribution in [0.15, 0.2) is 0 Å². The second kappa shape index (κ2) is 3.71. The molecule has 13 heavy (non-hydrogen) atoms. The first-order valence-electron chi connectivity index (χ1n) is 4.65. The summed E-state index contributed by atoms with van der Waals surface area (Å²) in [5.74, 6) is 0. The van der Waals surface area contributed by atoms with Gasteiger partial charge in [0.15, 0.2) is 0 Å². The van der Waals surface area contributed by atoms with Crippen molar-refractivity contribution in [1.29, 1.82) is 0 Å². The van der Waals surface area contributed by atoms with Gasteiger partial charge >= 0.3 is 0 Å². The molecule has 2 nitrogen and oxygen atoms in total. The van der Waals surface area contributed by atoms with E-state index in [4.69, 9.17) is 10.5 Å². The second-order valence-corrected chi connectivity index (χ2v) is 4.32. The minimum atomic E-state index is -1.04. The largest absolute Gasteiger partial charge is 0.381 e. The van der Waals surface area contributed by atoms with Crippen LogP contribution in [0.2, 0.25) is 0 Å². The van der Waals surface area contributed by atoms with E-state index in [0.717, 1.165) is 26.1 Å². The standard InChI is InChI=1S/C9H16FNO.ClH/c10-9(7-11)5-8(6-9)1-3-12-4-2-8;/h1-7,11H2;1H. The van der Waals surface area contributed by atoms with E-state index in [1.54, 1.807) is 0 Å². The van der Waals surface area contributed by atoms with Crippen molar-refractivity contribution in [2.24, 2.45) is 11.1 Å². The second-order valence-electron chi connectivity index (χ2n) is 4.32. The van der Waals surface area contributed by atoms with Crippen molar-refractivity contribution >= 4 is 12.4 Å². The van der Waals surface area contributed by atoms with Gasteiger partial charge in [0.05, 0.1) is 0 Å². The molecule has 78 valence electrons. The zero-order chi connectivity index (χ0) is 8.66. The first-order chi connectivity index (χ1) is 5.68. The molecule has 0 unspecified atom stereocenters. The normalized spacial score (nSPS) is 29.1. The van der Waals surface area contributed by atoms with Crippen LogP contribution >= 0.6 is 12.4 Å². The van der Waals surface area contributed by atoms with Crippen LogP contribution in [0.3, 0.4) is 0 Å². The summed E-state index contributed by atoms with van der Waals surface area (Å²) in [6, 6.07) is 0. The lowest BCUT2D eigenvalue weighted by Crippen LogP contribution is -2.55. The van der Waals surface area contributed by atoms with Crippen LogP contribution < -0.4 is 5.73 Å². The topological polar surface area (TPSA) is 35.2 Å². The van der Waals surface area contributed by atoms with E-state index in [1.165, 1.54) is 0 Å². The monoisotopic (exact) mass is 209 g/mol. The first-order valence-corrected chi connectivity index (χ1v) is 4.65. The van der Waals surface area contributed by atoms with Crippen molar-refractivity contribution in [2.75, 3.05) is 19.8 Å². The van der Waals surface area contributed by atoms with Crippen molar-refractivity contribution in [3.8, 4) is 0 Å². The number of hydrogen-bond acceptors (Lipinski definition) is 2. The van der Waals surface area contributed by atoms with Crippen molar-refractivity contribution < 1.29 is 9.13 Å². The highest BCUT2D eigenvalue weighted by atomic mass is 35.5. The van der Waals surface area contributed by atoms with Crippen molar-refractivity contribution in [3.63, 3.8) is 0 Å². The Kier molecular flexibility index (Phi) is 3.20. The molecule has 0 aromatic carbocycles. The predicted molar refractivity (Wildman–Crippen MR) is 51.9 cm³/mol. The Morgan fingerprint density at radius 3 is 2.23 bits per heavy atom. The molecule has 0 radical (unpaired) electrons. The third-order valence-corrected chi connectivity index (χ3v) is 3.30. The lowest BCUT2D eigenvalue weighted by Gasteiger charge is -2.53. The van der Waals surface area contributed by atoms with E-state index in [1.807, 2.05) is 0 Å². The van der Waals surface area contributed by atoms with E-state index in [2.05, 4.69) is 0 Å². The van der Waals surface area contributed by atoms with E-state index >= 15 is 0 Å². The van der Waals surface area contributed by atoms with Gasteiger partial charge in [-0.15, -0.1) is 12.4 Å². The fraction of sp³-hybridized carbons (Fsp3) is 1.00. The molecule has 1 aliphatic heterocycles. The number of rotatable bonds is 1. The fourth-order valence-electron chi connectivity index (χ4n) is 2.59. The zero-order valence-corrected chi connectivity index (χ0v) is 8.54. The van der Waals surface area contributed by atoms with Gasteiger partial charge in [-0.25, -0.2) is 4.39 Å². The molecule has 1 aliphatic carbocycles. The van der Waals surface area contributed by atoms with E-state index in [-0.39, 0.29) is 24.4 Å². The van der Waals surface area contributed by atoms with E-state index < -0.39 is 5.67 Å². The summed E-state index contributed by atoms with van der Waals surface area (Å²) in [4.78, 5) is 0. The quantitative estimate of drug-likeness (QED) is 0.713. The van der Waals surface area contributed by atoms with Crippen molar-refractivity contribution in [3.05, 3.63) is 0 Å². The first kappa shape index (κ1) is 11.2. The van der Waals surface area contributed by atoms with Crippen LogP contribution in [-0.4, -0.2) is 25.4 Å². The van der Waals surface area contributed by atoms with Gasteiger partial charge in [0, 0.05) is 19.8 Å². The molecule has 2 N–H and O–H groups in total. The highest BCUT2D eigenvalue weighted by molar-refractivity contribution is 5.85. The SMILES string of the molecule is Cl.NCC1(F)CC2(CCOCC2)C1. The minimum absolute atomic E-state index is 0. The predicted octanol–water partition coefficient (Wildman–Crippen LogP) is 1.67. The number of hydrogen-bond donors (Lipinski definition) is 1. The molecule has 4 heteroatoms. The van der Waals surface area contributed by atoms with Crippen LogP contribution in [0.25, 0.3) is 0 Å². The maximum atomic E-state index is 13.5. The molecule has 0 bridgehead atoms. The lowest BCUT2D eigenvalue weighted by atomic mass is 9.56. The summed E-state index contributed by atoms with van der Waals surface area (Å²) >= 11 is 0. The van der Waals surface area contributed by atoms with Crippen molar-refractivity contribution in [2.45, 2.75) is 31.4 Å². The van der Waals surface area contributed by atoms with Crippen LogP contribution in [0, 0.1) is 5.41 Å². The minimum Gasteiger partial charge on any atom is -0.381 e. The molecule has 1 saturated heterocycles. The van der Waals surface area contributed by atoms with Crippen LogP contribution in [0.1, 0.15) is 25.7 Å². The van der Waals surface area contributed by atoms with Gasteiger partial charge in [0.1, 0.15) is 5.67 Å². The molecule has 0 amide bonds. The Morgan fingerprint density at radius 2 is 1.77 bits per heavy atom. The van der Waals surface area contributed by atoms with Crippen molar-refractivity contribution in [1.82, 2.24) is 0 Å². The van der Waals surface area contributed by atoms with Gasteiger partial charge in [0.2, 0.25) is 0 Å². The number of nitrogens with two attached hydrogens (primary N) is 1. The van der Waals surface area contributed by atoms with Gasteiger partial charge in [-0.2, -0.15) is 0 Å². The molecule has 1 saturated carbocycles. The van der Waals surface area contributed by atoms with Gasteiger partial charge in [-0.1, -0.05) is 0 Å². The summed E-state index contributed by atoms with van der Waals surface area (Å²) in [6.45, 7) is 1.80. The summed E-state index contributed by atoms with van der Waals surface area (Å²) in [5, 5.41) is 0. The molecule has 2 aliphatic rings. The molecular formula is C9H17ClFNO. The highest BCUT2D eigenvalue weighted by Gasteiger charge is 2.54. The van der Waals surface area contributed by atoms with Crippen LogP contribution in [0.4, 0.5) is 4.39 Å². The molecule has 0 atom stereocenters. The maximum Gasteiger partial charge on any atom is 0.124 e. The van der Waals surface area contributed by atoms with Gasteiger partial charge in [-0.3, -0.25) is 0 Å². The Hall–Kier alpha value is 0.140. The number of ether oxygens (including phenoxy) is 1. The third kappa shape index (κ3) is 1.97. The zero-order valence-electron chi connectivity index (χ0n) is 7.72. The smallest absolute Gasteiger partial charge is 0.124 e.